The van der Waals surface area contributed by atoms with E-state index in [2.05, 4.69) is 14.9 Å². The molecule has 0 radical (unpaired) electrons. The highest BCUT2D eigenvalue weighted by molar-refractivity contribution is 5.91. The largest absolute Gasteiger partial charge is 0.496 e. The first-order valence-corrected chi connectivity index (χ1v) is 7.79. The first kappa shape index (κ1) is 15.6. The van der Waals surface area contributed by atoms with Crippen LogP contribution in [0.15, 0.2) is 30.6 Å². The van der Waals surface area contributed by atoms with Crippen molar-refractivity contribution in [3.8, 4) is 5.75 Å². The Labute approximate surface area is 135 Å². The molecule has 2 N–H and O–H groups in total. The standard InChI is InChI=1S/C17H21N3O3/c1-23-15-5-4-12(9-14(15)17(21)22)10-20-8-2-3-13(11-20)16-18-6-7-19-16/h4-7,9,13H,2-3,8,10-11H2,1H3,(H,18,19)(H,21,22)/t13-/m0/s1. The second-order valence-electron chi connectivity index (χ2n) is 5.89. The van der Waals surface area contributed by atoms with E-state index in [0.29, 0.717) is 11.7 Å². The number of H-pyrrole nitrogens is 1. The average Bonchev–Trinajstić information content (AvgIpc) is 3.09. The summed E-state index contributed by atoms with van der Waals surface area (Å²) in [5.41, 5.74) is 1.20. The fourth-order valence-corrected chi connectivity index (χ4v) is 3.20. The molecule has 1 aromatic carbocycles. The number of carboxylic acid groups (broad SMARTS) is 1. The maximum absolute atomic E-state index is 11.3. The van der Waals surface area contributed by atoms with Crippen LogP contribution in [-0.4, -0.2) is 46.1 Å². The lowest BCUT2D eigenvalue weighted by molar-refractivity contribution is 0.0693. The van der Waals surface area contributed by atoms with Gasteiger partial charge in [-0.1, -0.05) is 6.07 Å². The normalized spacial score (nSPS) is 18.7. The SMILES string of the molecule is COc1ccc(CN2CCC[C@H](c3ncc[nH]3)C2)cc1C(=O)O. The first-order valence-electron chi connectivity index (χ1n) is 7.79. The van der Waals surface area contributed by atoms with E-state index >= 15 is 0 Å². The molecule has 0 amide bonds. The van der Waals surface area contributed by atoms with E-state index in [1.54, 1.807) is 18.3 Å². The molecule has 0 spiro atoms. The Morgan fingerprint density at radius 3 is 3.09 bits per heavy atom. The molecular formula is C17H21N3O3. The number of rotatable bonds is 5. The summed E-state index contributed by atoms with van der Waals surface area (Å²) in [6.07, 6.45) is 5.90. The second-order valence-corrected chi connectivity index (χ2v) is 5.89. The number of likely N-dealkylation sites (tertiary alicyclic amines) is 1. The number of methoxy groups -OCH3 is 1. The Bertz CT molecular complexity index is 670. The highest BCUT2D eigenvalue weighted by atomic mass is 16.5. The third-order valence-electron chi connectivity index (χ3n) is 4.31. The Hall–Kier alpha value is -2.34. The molecule has 23 heavy (non-hydrogen) atoms. The van der Waals surface area contributed by atoms with Gasteiger partial charge in [0.15, 0.2) is 0 Å². The molecule has 0 aliphatic carbocycles. The molecule has 1 aliphatic rings. The summed E-state index contributed by atoms with van der Waals surface area (Å²) in [5.74, 6) is 0.885. The maximum atomic E-state index is 11.3. The third-order valence-corrected chi connectivity index (χ3v) is 4.31. The lowest BCUT2D eigenvalue weighted by atomic mass is 9.96. The third kappa shape index (κ3) is 3.53. The minimum Gasteiger partial charge on any atom is -0.496 e. The number of aromatic nitrogens is 2. The maximum Gasteiger partial charge on any atom is 0.339 e. The number of nitrogens with one attached hydrogen (secondary N) is 1. The zero-order chi connectivity index (χ0) is 16.2. The van der Waals surface area contributed by atoms with Gasteiger partial charge < -0.3 is 14.8 Å². The van der Waals surface area contributed by atoms with Crippen LogP contribution in [0.2, 0.25) is 0 Å². The van der Waals surface area contributed by atoms with Crippen molar-refractivity contribution >= 4 is 5.97 Å². The number of benzene rings is 1. The molecule has 3 rings (SSSR count). The lowest BCUT2D eigenvalue weighted by Crippen LogP contribution is -2.34. The predicted molar refractivity (Wildman–Crippen MR) is 85.8 cm³/mol. The van der Waals surface area contributed by atoms with Gasteiger partial charge >= 0.3 is 5.97 Å². The molecular weight excluding hydrogens is 294 g/mol. The molecule has 1 atom stereocenters. The van der Waals surface area contributed by atoms with Crippen molar-refractivity contribution in [3.63, 3.8) is 0 Å². The summed E-state index contributed by atoms with van der Waals surface area (Å²) >= 11 is 0. The number of carbonyl (C=O) groups is 1. The number of aromatic amines is 1. The minimum atomic E-state index is -0.962. The fraction of sp³-hybridized carbons (Fsp3) is 0.412. The minimum absolute atomic E-state index is 0.213. The van der Waals surface area contributed by atoms with Crippen LogP contribution in [0.25, 0.3) is 0 Å². The molecule has 1 aliphatic heterocycles. The summed E-state index contributed by atoms with van der Waals surface area (Å²) in [7, 11) is 1.49. The topological polar surface area (TPSA) is 78.5 Å². The zero-order valence-corrected chi connectivity index (χ0v) is 13.2. The first-order chi connectivity index (χ1) is 11.2. The highest BCUT2D eigenvalue weighted by Crippen LogP contribution is 2.26. The number of hydrogen-bond acceptors (Lipinski definition) is 4. The van der Waals surface area contributed by atoms with Gasteiger partial charge in [0, 0.05) is 31.4 Å². The number of nitrogens with zero attached hydrogens (tertiary/aromatic N) is 2. The quantitative estimate of drug-likeness (QED) is 0.886. The smallest absolute Gasteiger partial charge is 0.339 e. The van der Waals surface area contributed by atoms with E-state index in [1.807, 2.05) is 12.3 Å². The second kappa shape index (κ2) is 6.83. The summed E-state index contributed by atoms with van der Waals surface area (Å²) in [5, 5.41) is 9.29. The van der Waals surface area contributed by atoms with Gasteiger partial charge in [-0.2, -0.15) is 0 Å². The van der Waals surface area contributed by atoms with Crippen LogP contribution in [-0.2, 0) is 6.54 Å². The van der Waals surface area contributed by atoms with Gasteiger partial charge in [0.2, 0.25) is 0 Å². The zero-order valence-electron chi connectivity index (χ0n) is 13.2. The van der Waals surface area contributed by atoms with E-state index in [0.717, 1.165) is 43.9 Å². The number of imidazole rings is 1. The number of aromatic carboxylic acids is 1. The van der Waals surface area contributed by atoms with Crippen LogP contribution in [0.3, 0.4) is 0 Å². The van der Waals surface area contributed by atoms with Gasteiger partial charge in [-0.25, -0.2) is 9.78 Å². The summed E-state index contributed by atoms with van der Waals surface area (Å²) in [4.78, 5) is 21.2. The molecule has 1 aromatic heterocycles. The lowest BCUT2D eigenvalue weighted by Gasteiger charge is -2.31. The number of carboxylic acids is 1. The van der Waals surface area contributed by atoms with E-state index < -0.39 is 5.97 Å². The van der Waals surface area contributed by atoms with E-state index in [-0.39, 0.29) is 5.56 Å². The summed E-state index contributed by atoms with van der Waals surface area (Å²) < 4.78 is 5.11. The van der Waals surface area contributed by atoms with Crippen molar-refractivity contribution in [2.24, 2.45) is 0 Å². The van der Waals surface area contributed by atoms with Crippen LogP contribution < -0.4 is 4.74 Å². The molecule has 6 nitrogen and oxygen atoms in total. The number of ether oxygens (including phenoxy) is 1. The van der Waals surface area contributed by atoms with E-state index in [4.69, 9.17) is 4.74 Å². The average molecular weight is 315 g/mol. The van der Waals surface area contributed by atoms with Crippen molar-refractivity contribution in [1.29, 1.82) is 0 Å². The molecule has 6 heteroatoms. The fourth-order valence-electron chi connectivity index (χ4n) is 3.20. The molecule has 2 heterocycles. The highest BCUT2D eigenvalue weighted by Gasteiger charge is 2.23. The van der Waals surface area contributed by atoms with Crippen LogP contribution in [0.1, 0.15) is 40.5 Å². The Kier molecular flexibility index (Phi) is 4.62. The van der Waals surface area contributed by atoms with Gasteiger partial charge in [0.1, 0.15) is 17.1 Å². The van der Waals surface area contributed by atoms with Crippen molar-refractivity contribution in [3.05, 3.63) is 47.5 Å². The molecule has 0 bridgehead atoms. The molecule has 2 aromatic rings. The van der Waals surface area contributed by atoms with E-state index in [1.165, 1.54) is 7.11 Å². The van der Waals surface area contributed by atoms with Crippen molar-refractivity contribution in [2.75, 3.05) is 20.2 Å². The van der Waals surface area contributed by atoms with Gasteiger partial charge in [0.25, 0.3) is 0 Å². The van der Waals surface area contributed by atoms with Gasteiger partial charge in [0.05, 0.1) is 7.11 Å². The van der Waals surface area contributed by atoms with Gasteiger partial charge in [-0.3, -0.25) is 4.90 Å². The summed E-state index contributed by atoms with van der Waals surface area (Å²) in [6.45, 7) is 2.69. The van der Waals surface area contributed by atoms with Crippen molar-refractivity contribution in [2.45, 2.75) is 25.3 Å². The summed E-state index contributed by atoms with van der Waals surface area (Å²) in [6, 6.07) is 5.37. The van der Waals surface area contributed by atoms with Gasteiger partial charge in [-0.05, 0) is 37.1 Å². The molecule has 1 saturated heterocycles. The van der Waals surface area contributed by atoms with Crippen LogP contribution in [0, 0.1) is 0 Å². The van der Waals surface area contributed by atoms with Crippen LogP contribution in [0.5, 0.6) is 5.75 Å². The van der Waals surface area contributed by atoms with Gasteiger partial charge in [-0.15, -0.1) is 0 Å². The van der Waals surface area contributed by atoms with Crippen LogP contribution in [0.4, 0.5) is 0 Å². The molecule has 122 valence electrons. The van der Waals surface area contributed by atoms with E-state index in [9.17, 15) is 9.90 Å². The Morgan fingerprint density at radius 1 is 1.52 bits per heavy atom. The Morgan fingerprint density at radius 2 is 2.39 bits per heavy atom. The Balaban J connectivity index is 1.71. The molecule has 0 saturated carbocycles. The van der Waals surface area contributed by atoms with Crippen molar-refractivity contribution in [1.82, 2.24) is 14.9 Å². The number of hydrogen-bond donors (Lipinski definition) is 2. The molecule has 0 unspecified atom stereocenters. The van der Waals surface area contributed by atoms with Crippen molar-refractivity contribution < 1.29 is 14.6 Å². The monoisotopic (exact) mass is 315 g/mol. The molecule has 1 fully saturated rings. The predicted octanol–water partition coefficient (Wildman–Crippen LogP) is 2.50. The number of piperidine rings is 1. The van der Waals surface area contributed by atoms with Crippen LogP contribution >= 0.6 is 0 Å².